The molecule has 0 unspecified atom stereocenters. The SMILES string of the molecule is CCCCCCCCC1(CCCCCCCC)c2cc(-c3ccc4c(c3)CC4)ccc2-c2ccc(-n3c4ccccc4c4cc(-c5ccc6c(c5)c5cc(-c7ccc8c(c7)c7ccccc7n8-c7ccc8c(c7)CC8)ccc5n6-c5ccc6oc7ccccc7c6c5)ccc43)cc21. The molecule has 19 rings (SSSR count). The first kappa shape index (κ1) is 58.2. The molecular formula is C93H81N3O. The van der Waals surface area contributed by atoms with E-state index >= 15 is 0 Å². The van der Waals surface area contributed by atoms with E-state index in [4.69, 9.17) is 4.42 Å². The molecule has 0 radical (unpaired) electrons. The van der Waals surface area contributed by atoms with Gasteiger partial charge in [0.25, 0.3) is 0 Å². The summed E-state index contributed by atoms with van der Waals surface area (Å²) in [7, 11) is 0. The highest BCUT2D eigenvalue weighted by Gasteiger charge is 2.43. The Kier molecular flexibility index (Phi) is 14.2. The molecular weight excluding hydrogens is 1180 g/mol. The molecule has 16 aromatic rings. The summed E-state index contributed by atoms with van der Waals surface area (Å²) in [6.45, 7) is 4.68. The minimum absolute atomic E-state index is 0.0703. The van der Waals surface area contributed by atoms with Crippen molar-refractivity contribution >= 4 is 87.4 Å². The number of fused-ring (bicyclic) bond motifs is 17. The number of rotatable bonds is 20. The van der Waals surface area contributed by atoms with Gasteiger partial charge in [0.15, 0.2) is 0 Å². The Bertz CT molecular complexity index is 5820. The van der Waals surface area contributed by atoms with Crippen molar-refractivity contribution in [1.29, 1.82) is 0 Å². The summed E-state index contributed by atoms with van der Waals surface area (Å²) in [5, 5.41) is 9.78. The highest BCUT2D eigenvalue weighted by Crippen LogP contribution is 2.56. The fourth-order valence-corrected chi connectivity index (χ4v) is 17.9. The zero-order valence-corrected chi connectivity index (χ0v) is 56.0. The molecule has 4 heterocycles. The Morgan fingerprint density at radius 3 is 1.21 bits per heavy atom. The molecule has 4 aromatic heterocycles. The molecule has 4 heteroatoms. The van der Waals surface area contributed by atoms with Crippen molar-refractivity contribution in [2.24, 2.45) is 0 Å². The van der Waals surface area contributed by atoms with Gasteiger partial charge in [-0.1, -0.05) is 212 Å². The number of benzene rings is 12. The number of aryl methyl sites for hydroxylation is 4. The second-order valence-corrected chi connectivity index (χ2v) is 28.8. The maximum Gasteiger partial charge on any atom is 0.135 e. The molecule has 12 aromatic carbocycles. The number of aromatic nitrogens is 3. The van der Waals surface area contributed by atoms with Crippen molar-refractivity contribution < 1.29 is 4.42 Å². The Morgan fingerprint density at radius 1 is 0.278 bits per heavy atom. The summed E-state index contributed by atoms with van der Waals surface area (Å²) in [6, 6.07) is 91.5. The van der Waals surface area contributed by atoms with Crippen LogP contribution in [0.5, 0.6) is 0 Å². The smallest absolute Gasteiger partial charge is 0.135 e. The predicted octanol–water partition coefficient (Wildman–Crippen LogP) is 25.8. The number of furan rings is 1. The van der Waals surface area contributed by atoms with Crippen LogP contribution in [0.15, 0.2) is 241 Å². The van der Waals surface area contributed by atoms with Gasteiger partial charge in [-0.25, -0.2) is 0 Å². The van der Waals surface area contributed by atoms with Gasteiger partial charge in [-0.2, -0.15) is 0 Å². The molecule has 0 saturated carbocycles. The van der Waals surface area contributed by atoms with E-state index in [0.717, 1.165) is 34.0 Å². The third-order valence-electron chi connectivity index (χ3n) is 23.2. The van der Waals surface area contributed by atoms with Crippen molar-refractivity contribution in [3.8, 4) is 61.6 Å². The third kappa shape index (κ3) is 9.51. The standard InChI is InChI=1S/C93H81N3O/c1-3-5-7-9-11-19-49-93(50-20-12-10-8-6-4-2)83-57-69(63-31-28-60-27-30-62(60)51-63)34-42-73(83)74-43-40-72(59-84(74)93)96-86-25-17-14-22-76(86)79-54-66(36-45-88(79)96)68-38-47-90-81(56-68)80-55-67(37-46-89(80)95(90)71-41-48-92-82(58-71)77-23-15-18-26-91(77)97-92)65-35-44-87-78(53-65)75-21-13-16-24-85(75)94(87)70-39-33-61-29-32-64(61)52-70/h13-18,21-26,28,31,33-48,51-59H,3-12,19-20,27,29-30,32,49-50H2,1-2H3. The molecule has 3 aliphatic carbocycles. The Hall–Kier alpha value is -10.2. The molecule has 97 heavy (non-hydrogen) atoms. The number of para-hydroxylation sites is 3. The molecule has 0 N–H and O–H groups in total. The minimum Gasteiger partial charge on any atom is -0.456 e. The highest BCUT2D eigenvalue weighted by molar-refractivity contribution is 6.15. The summed E-state index contributed by atoms with van der Waals surface area (Å²) < 4.78 is 13.9. The topological polar surface area (TPSA) is 27.9 Å². The van der Waals surface area contributed by atoms with Gasteiger partial charge >= 0.3 is 0 Å². The molecule has 0 aliphatic heterocycles. The summed E-state index contributed by atoms with van der Waals surface area (Å²) in [4.78, 5) is 0. The first-order valence-corrected chi connectivity index (χ1v) is 36.6. The van der Waals surface area contributed by atoms with Crippen LogP contribution in [-0.4, -0.2) is 13.7 Å². The van der Waals surface area contributed by atoms with Crippen LogP contribution in [0.3, 0.4) is 0 Å². The predicted molar refractivity (Wildman–Crippen MR) is 410 cm³/mol. The number of unbranched alkanes of at least 4 members (excludes halogenated alkanes) is 10. The summed E-state index contributed by atoms with van der Waals surface area (Å²) >= 11 is 0. The second kappa shape index (κ2) is 23.6. The van der Waals surface area contributed by atoms with Crippen LogP contribution >= 0.6 is 0 Å². The van der Waals surface area contributed by atoms with Gasteiger partial charge in [-0.3, -0.25) is 0 Å². The van der Waals surface area contributed by atoms with E-state index in [9.17, 15) is 0 Å². The van der Waals surface area contributed by atoms with Crippen molar-refractivity contribution in [2.45, 2.75) is 135 Å². The summed E-state index contributed by atoms with van der Waals surface area (Å²) in [5.41, 5.74) is 32.2. The Morgan fingerprint density at radius 2 is 0.660 bits per heavy atom. The van der Waals surface area contributed by atoms with Crippen LogP contribution in [0.2, 0.25) is 0 Å². The van der Waals surface area contributed by atoms with Crippen molar-refractivity contribution in [3.63, 3.8) is 0 Å². The van der Waals surface area contributed by atoms with E-state index in [1.54, 1.807) is 5.56 Å². The molecule has 0 saturated heterocycles. The van der Waals surface area contributed by atoms with Crippen LogP contribution in [0.1, 0.15) is 137 Å². The van der Waals surface area contributed by atoms with E-state index < -0.39 is 0 Å². The first-order valence-electron chi connectivity index (χ1n) is 36.6. The minimum atomic E-state index is -0.0703. The van der Waals surface area contributed by atoms with Gasteiger partial charge in [-0.05, 0) is 232 Å². The van der Waals surface area contributed by atoms with Crippen LogP contribution in [0, 0.1) is 0 Å². The van der Waals surface area contributed by atoms with Gasteiger partial charge in [0.05, 0.1) is 33.1 Å². The molecule has 0 bridgehead atoms. The fraction of sp³-hybridized carbons (Fsp3) is 0.226. The van der Waals surface area contributed by atoms with Crippen LogP contribution < -0.4 is 0 Å². The van der Waals surface area contributed by atoms with Crippen molar-refractivity contribution in [2.75, 3.05) is 0 Å². The van der Waals surface area contributed by atoms with Gasteiger partial charge in [-0.15, -0.1) is 0 Å². The average Bonchev–Trinajstić information content (AvgIpc) is 1.57. The number of nitrogens with zero attached hydrogens (tertiary/aromatic N) is 3. The molecule has 3 aliphatic rings. The summed E-state index contributed by atoms with van der Waals surface area (Å²) in [5.74, 6) is 0. The lowest BCUT2D eigenvalue weighted by Crippen LogP contribution is -2.26. The van der Waals surface area contributed by atoms with E-state index in [1.807, 2.05) is 0 Å². The largest absolute Gasteiger partial charge is 0.456 e. The van der Waals surface area contributed by atoms with E-state index in [2.05, 4.69) is 264 Å². The van der Waals surface area contributed by atoms with Crippen LogP contribution in [0.25, 0.3) is 149 Å². The molecule has 0 spiro atoms. The van der Waals surface area contributed by atoms with Gasteiger partial charge in [0.2, 0.25) is 0 Å². The van der Waals surface area contributed by atoms with E-state index in [1.165, 1.54) is 258 Å². The second-order valence-electron chi connectivity index (χ2n) is 28.8. The Balaban J connectivity index is 0.741. The maximum atomic E-state index is 6.41. The van der Waals surface area contributed by atoms with E-state index in [-0.39, 0.29) is 5.41 Å². The third-order valence-corrected chi connectivity index (χ3v) is 23.2. The lowest BCUT2D eigenvalue weighted by Gasteiger charge is -2.33. The molecule has 4 nitrogen and oxygen atoms in total. The Labute approximate surface area is 568 Å². The highest BCUT2D eigenvalue weighted by atomic mass is 16.3. The lowest BCUT2D eigenvalue weighted by molar-refractivity contribution is 0.398. The number of hydrogen-bond donors (Lipinski definition) is 0. The summed E-state index contributed by atoms with van der Waals surface area (Å²) in [6.07, 6.45) is 22.7. The average molecular weight is 1260 g/mol. The maximum absolute atomic E-state index is 6.41. The van der Waals surface area contributed by atoms with Gasteiger partial charge in [0, 0.05) is 65.6 Å². The molecule has 0 fully saturated rings. The zero-order valence-electron chi connectivity index (χ0n) is 56.0. The number of hydrogen-bond acceptors (Lipinski definition) is 1. The molecule has 474 valence electrons. The monoisotopic (exact) mass is 1260 g/mol. The lowest BCUT2D eigenvalue weighted by atomic mass is 9.70. The normalized spacial score (nSPS) is 13.8. The fourth-order valence-electron chi connectivity index (χ4n) is 17.9. The van der Waals surface area contributed by atoms with Crippen LogP contribution in [-0.2, 0) is 31.1 Å². The first-order chi connectivity index (χ1) is 48.0. The molecule has 0 amide bonds. The molecule has 0 atom stereocenters. The van der Waals surface area contributed by atoms with Crippen molar-refractivity contribution in [3.05, 3.63) is 270 Å². The van der Waals surface area contributed by atoms with Gasteiger partial charge in [0.1, 0.15) is 11.2 Å². The van der Waals surface area contributed by atoms with E-state index in [0.29, 0.717) is 0 Å². The van der Waals surface area contributed by atoms with Gasteiger partial charge < -0.3 is 18.1 Å². The quantitative estimate of drug-likeness (QED) is 0.0699. The zero-order chi connectivity index (χ0) is 64.3. The van der Waals surface area contributed by atoms with Crippen LogP contribution in [0.4, 0.5) is 0 Å². The van der Waals surface area contributed by atoms with Crippen molar-refractivity contribution in [1.82, 2.24) is 13.7 Å².